The van der Waals surface area contributed by atoms with E-state index >= 15 is 0 Å². The minimum Gasteiger partial charge on any atom is -0.381 e. The van der Waals surface area contributed by atoms with Crippen molar-refractivity contribution in [2.24, 2.45) is 0 Å². The topological polar surface area (TPSA) is 52.7 Å². The molecule has 1 aromatic carbocycles. The molecule has 0 spiro atoms. The fraction of sp³-hybridized carbons (Fsp3) is 0.579. The Hall–Kier alpha value is -2.04. The lowest BCUT2D eigenvalue weighted by atomic mass is 10.0. The first-order chi connectivity index (χ1) is 11.7. The van der Waals surface area contributed by atoms with Gasteiger partial charge in [0.05, 0.1) is 0 Å². The third-order valence-corrected chi connectivity index (χ3v) is 4.94. The number of amides is 2. The van der Waals surface area contributed by atoms with Crippen LogP contribution in [0.4, 0.5) is 5.69 Å². The number of para-hydroxylation sites is 1. The van der Waals surface area contributed by atoms with Crippen molar-refractivity contribution in [2.45, 2.75) is 44.6 Å². The molecule has 0 saturated carbocycles. The summed E-state index contributed by atoms with van der Waals surface area (Å²) in [5.74, 6) is 0.379. The number of likely N-dealkylation sites (tertiary alicyclic amines) is 2. The average molecular weight is 329 g/mol. The summed E-state index contributed by atoms with van der Waals surface area (Å²) < 4.78 is 0. The van der Waals surface area contributed by atoms with Crippen LogP contribution in [0.3, 0.4) is 0 Å². The molecule has 2 saturated heterocycles. The van der Waals surface area contributed by atoms with Gasteiger partial charge in [0.2, 0.25) is 11.8 Å². The molecule has 130 valence electrons. The second-order valence-corrected chi connectivity index (χ2v) is 6.78. The van der Waals surface area contributed by atoms with Crippen LogP contribution in [-0.4, -0.2) is 53.8 Å². The highest BCUT2D eigenvalue weighted by Gasteiger charge is 2.25. The fourth-order valence-corrected chi connectivity index (χ4v) is 3.58. The molecule has 2 aliphatic heterocycles. The molecule has 0 radical (unpaired) electrons. The number of carbonyl (C=O) groups excluding carboxylic acids is 2. The van der Waals surface area contributed by atoms with E-state index in [1.807, 2.05) is 28.0 Å². The van der Waals surface area contributed by atoms with E-state index in [0.717, 1.165) is 51.0 Å². The minimum absolute atomic E-state index is 0.174. The predicted molar refractivity (Wildman–Crippen MR) is 94.7 cm³/mol. The number of rotatable bonds is 5. The van der Waals surface area contributed by atoms with E-state index in [4.69, 9.17) is 0 Å². The van der Waals surface area contributed by atoms with E-state index in [0.29, 0.717) is 25.4 Å². The van der Waals surface area contributed by atoms with Gasteiger partial charge in [0.15, 0.2) is 0 Å². The third kappa shape index (κ3) is 4.49. The molecular formula is C19H27N3O2. The first-order valence-corrected chi connectivity index (χ1v) is 9.09. The molecule has 0 bridgehead atoms. The van der Waals surface area contributed by atoms with Crippen LogP contribution in [0.1, 0.15) is 38.5 Å². The van der Waals surface area contributed by atoms with E-state index in [2.05, 4.69) is 17.4 Å². The number of carbonyl (C=O) groups is 2. The van der Waals surface area contributed by atoms with Gasteiger partial charge in [-0.05, 0) is 37.8 Å². The molecule has 24 heavy (non-hydrogen) atoms. The van der Waals surface area contributed by atoms with Crippen molar-refractivity contribution in [3.05, 3.63) is 30.3 Å². The van der Waals surface area contributed by atoms with Crippen LogP contribution in [0.15, 0.2) is 30.3 Å². The van der Waals surface area contributed by atoms with Crippen molar-refractivity contribution in [3.8, 4) is 0 Å². The Morgan fingerprint density at radius 2 is 1.96 bits per heavy atom. The zero-order valence-electron chi connectivity index (χ0n) is 14.2. The van der Waals surface area contributed by atoms with Crippen LogP contribution in [0.5, 0.6) is 0 Å². The first-order valence-electron chi connectivity index (χ1n) is 9.09. The number of anilines is 1. The summed E-state index contributed by atoms with van der Waals surface area (Å²) in [7, 11) is 0. The van der Waals surface area contributed by atoms with Gasteiger partial charge in [-0.3, -0.25) is 9.59 Å². The smallest absolute Gasteiger partial charge is 0.224 e. The van der Waals surface area contributed by atoms with Crippen LogP contribution in [0, 0.1) is 0 Å². The lowest BCUT2D eigenvalue weighted by Crippen LogP contribution is -2.46. The van der Waals surface area contributed by atoms with Gasteiger partial charge in [-0.1, -0.05) is 18.2 Å². The van der Waals surface area contributed by atoms with E-state index in [9.17, 15) is 9.59 Å². The highest BCUT2D eigenvalue weighted by molar-refractivity contribution is 5.79. The van der Waals surface area contributed by atoms with Gasteiger partial charge in [0, 0.05) is 50.7 Å². The summed E-state index contributed by atoms with van der Waals surface area (Å²) in [6, 6.07) is 10.5. The van der Waals surface area contributed by atoms with Gasteiger partial charge >= 0.3 is 0 Å². The molecule has 0 unspecified atom stereocenters. The van der Waals surface area contributed by atoms with Crippen molar-refractivity contribution in [1.82, 2.24) is 9.80 Å². The van der Waals surface area contributed by atoms with Crippen LogP contribution >= 0.6 is 0 Å². The van der Waals surface area contributed by atoms with Crippen molar-refractivity contribution in [2.75, 3.05) is 31.5 Å². The van der Waals surface area contributed by atoms with Gasteiger partial charge in [0.1, 0.15) is 0 Å². The summed E-state index contributed by atoms with van der Waals surface area (Å²) >= 11 is 0. The number of hydrogen-bond acceptors (Lipinski definition) is 3. The summed E-state index contributed by atoms with van der Waals surface area (Å²) in [6.45, 7) is 2.97. The molecule has 1 atom stereocenters. The molecule has 1 N–H and O–H groups in total. The zero-order valence-corrected chi connectivity index (χ0v) is 14.2. The maximum Gasteiger partial charge on any atom is 0.224 e. The van der Waals surface area contributed by atoms with E-state index in [1.54, 1.807) is 0 Å². The Morgan fingerprint density at radius 1 is 1.12 bits per heavy atom. The number of benzene rings is 1. The molecule has 5 nitrogen and oxygen atoms in total. The molecule has 0 aliphatic carbocycles. The second kappa shape index (κ2) is 8.18. The largest absolute Gasteiger partial charge is 0.381 e. The summed E-state index contributed by atoms with van der Waals surface area (Å²) in [6.07, 6.45) is 5.25. The molecule has 1 aromatic rings. The standard InChI is InChI=1S/C19H27N3O2/c23-18-10-4-5-12-21(18)14-11-19(24)22-13-6-9-17(15-22)20-16-7-2-1-3-8-16/h1-3,7-8,17,20H,4-6,9-15H2/t17-/m0/s1. The normalized spacial score (nSPS) is 21.7. The Morgan fingerprint density at radius 3 is 2.75 bits per heavy atom. The second-order valence-electron chi connectivity index (χ2n) is 6.78. The van der Waals surface area contributed by atoms with Gasteiger partial charge in [-0.2, -0.15) is 0 Å². The Labute approximate surface area is 144 Å². The van der Waals surface area contributed by atoms with Crippen LogP contribution < -0.4 is 5.32 Å². The minimum atomic E-state index is 0.174. The van der Waals surface area contributed by atoms with Crippen molar-refractivity contribution >= 4 is 17.5 Å². The van der Waals surface area contributed by atoms with Crippen LogP contribution in [-0.2, 0) is 9.59 Å². The van der Waals surface area contributed by atoms with Crippen LogP contribution in [0.2, 0.25) is 0 Å². The average Bonchev–Trinajstić information content (AvgIpc) is 2.62. The van der Waals surface area contributed by atoms with Crippen LogP contribution in [0.25, 0.3) is 0 Å². The van der Waals surface area contributed by atoms with E-state index < -0.39 is 0 Å². The number of nitrogens with one attached hydrogen (secondary N) is 1. The molecule has 2 fully saturated rings. The van der Waals surface area contributed by atoms with Gasteiger partial charge < -0.3 is 15.1 Å². The van der Waals surface area contributed by atoms with Gasteiger partial charge in [-0.25, -0.2) is 0 Å². The predicted octanol–water partition coefficient (Wildman–Crippen LogP) is 2.49. The molecule has 2 amide bonds. The quantitative estimate of drug-likeness (QED) is 0.903. The van der Waals surface area contributed by atoms with Crippen molar-refractivity contribution in [1.29, 1.82) is 0 Å². The summed E-state index contributed by atoms with van der Waals surface area (Å²) in [5, 5.41) is 3.52. The third-order valence-electron chi connectivity index (χ3n) is 4.94. The monoisotopic (exact) mass is 329 g/mol. The number of piperidine rings is 2. The molecule has 2 heterocycles. The maximum atomic E-state index is 12.5. The zero-order chi connectivity index (χ0) is 16.8. The van der Waals surface area contributed by atoms with Crippen molar-refractivity contribution < 1.29 is 9.59 Å². The SMILES string of the molecule is O=C1CCCCN1CCC(=O)N1CCC[C@H](Nc2ccccc2)C1. The van der Waals surface area contributed by atoms with Gasteiger partial charge in [0.25, 0.3) is 0 Å². The highest BCUT2D eigenvalue weighted by atomic mass is 16.2. The summed E-state index contributed by atoms with van der Waals surface area (Å²) in [4.78, 5) is 28.1. The Balaban J connectivity index is 1.47. The van der Waals surface area contributed by atoms with Crippen molar-refractivity contribution in [3.63, 3.8) is 0 Å². The van der Waals surface area contributed by atoms with E-state index in [1.165, 1.54) is 0 Å². The fourth-order valence-electron chi connectivity index (χ4n) is 3.58. The lowest BCUT2D eigenvalue weighted by Gasteiger charge is -2.34. The molecule has 3 rings (SSSR count). The highest BCUT2D eigenvalue weighted by Crippen LogP contribution is 2.17. The molecular weight excluding hydrogens is 302 g/mol. The van der Waals surface area contributed by atoms with E-state index in [-0.39, 0.29) is 11.8 Å². The molecule has 2 aliphatic rings. The Kier molecular flexibility index (Phi) is 5.72. The first kappa shape index (κ1) is 16.8. The molecule has 0 aromatic heterocycles. The summed E-state index contributed by atoms with van der Waals surface area (Å²) in [5.41, 5.74) is 1.11. The Bertz CT molecular complexity index is 561. The van der Waals surface area contributed by atoms with Gasteiger partial charge in [-0.15, -0.1) is 0 Å². The number of hydrogen-bond donors (Lipinski definition) is 1. The maximum absolute atomic E-state index is 12.5. The molecule has 5 heteroatoms. The number of nitrogens with zero attached hydrogens (tertiary/aromatic N) is 2. The lowest BCUT2D eigenvalue weighted by molar-refractivity contribution is -0.136.